The Morgan fingerprint density at radius 1 is 1.08 bits per heavy atom. The van der Waals surface area contributed by atoms with Crippen LogP contribution < -0.4 is 10.1 Å². The molecule has 2 saturated heterocycles. The highest BCUT2D eigenvalue weighted by atomic mass is 32.2. The van der Waals surface area contributed by atoms with Crippen LogP contribution in [-0.4, -0.2) is 72.0 Å². The summed E-state index contributed by atoms with van der Waals surface area (Å²) in [7, 11) is -1.59. The lowest BCUT2D eigenvalue weighted by Crippen LogP contribution is -2.45. The van der Waals surface area contributed by atoms with Gasteiger partial charge in [0, 0.05) is 18.2 Å². The molecule has 2 fully saturated rings. The molecule has 0 aromatic heterocycles. The number of hydrogen-bond acceptors (Lipinski definition) is 7. The van der Waals surface area contributed by atoms with Crippen LogP contribution in [0.2, 0.25) is 0 Å². The number of amidine groups is 1. The van der Waals surface area contributed by atoms with E-state index in [1.165, 1.54) is 11.8 Å². The first-order valence-corrected chi connectivity index (χ1v) is 15.1. The first kappa shape index (κ1) is 28.0. The minimum atomic E-state index is -3.18. The van der Waals surface area contributed by atoms with E-state index in [-0.39, 0.29) is 29.2 Å². The van der Waals surface area contributed by atoms with E-state index in [1.807, 2.05) is 59.5 Å². The topological polar surface area (TPSA) is 114 Å². The number of rotatable bonds is 7. The van der Waals surface area contributed by atoms with Gasteiger partial charge in [0.25, 0.3) is 5.91 Å². The first-order chi connectivity index (χ1) is 17.9. The van der Waals surface area contributed by atoms with Gasteiger partial charge < -0.3 is 19.7 Å². The van der Waals surface area contributed by atoms with Crippen molar-refractivity contribution >= 4 is 38.8 Å². The van der Waals surface area contributed by atoms with Gasteiger partial charge in [0.1, 0.15) is 17.4 Å². The minimum Gasteiger partial charge on any atom is -0.497 e. The van der Waals surface area contributed by atoms with Gasteiger partial charge in [-0.25, -0.2) is 13.2 Å². The number of methoxy groups -OCH3 is 1. The molecule has 0 saturated carbocycles. The van der Waals surface area contributed by atoms with Crippen molar-refractivity contribution in [2.24, 2.45) is 4.99 Å². The van der Waals surface area contributed by atoms with Crippen LogP contribution in [0.3, 0.4) is 0 Å². The Kier molecular flexibility index (Phi) is 8.37. The maximum Gasteiger partial charge on any atom is 0.408 e. The summed E-state index contributed by atoms with van der Waals surface area (Å²) in [5, 5.41) is 2.93. The molecule has 0 radical (unpaired) electrons. The van der Waals surface area contributed by atoms with Crippen molar-refractivity contribution in [1.29, 1.82) is 0 Å². The number of thioether (sulfide) groups is 1. The van der Waals surface area contributed by atoms with Crippen LogP contribution in [0.15, 0.2) is 59.6 Å². The predicted molar refractivity (Wildman–Crippen MR) is 148 cm³/mol. The summed E-state index contributed by atoms with van der Waals surface area (Å²) in [4.78, 5) is 32.4. The predicted octanol–water partition coefficient (Wildman–Crippen LogP) is 3.43. The second-order valence-electron chi connectivity index (χ2n) is 10.4. The lowest BCUT2D eigenvalue weighted by Gasteiger charge is -2.25. The molecule has 0 spiro atoms. The molecule has 2 aromatic carbocycles. The molecule has 11 heteroatoms. The van der Waals surface area contributed by atoms with E-state index >= 15 is 0 Å². The molecule has 4 rings (SSSR count). The van der Waals surface area contributed by atoms with Crippen molar-refractivity contribution < 1.29 is 27.5 Å². The fourth-order valence-corrected chi connectivity index (χ4v) is 8.38. The van der Waals surface area contributed by atoms with E-state index < -0.39 is 33.5 Å². The molecular formula is C27H33N3O6S2. The van der Waals surface area contributed by atoms with E-state index in [4.69, 9.17) is 9.47 Å². The number of nitrogens with one attached hydrogen (secondary N) is 1. The molecule has 0 aliphatic carbocycles. The lowest BCUT2D eigenvalue weighted by molar-refractivity contribution is -0.119. The summed E-state index contributed by atoms with van der Waals surface area (Å²) in [6.45, 7) is 5.64. The van der Waals surface area contributed by atoms with Crippen molar-refractivity contribution in [2.45, 2.75) is 56.7 Å². The van der Waals surface area contributed by atoms with Gasteiger partial charge in [-0.15, -0.1) is 0 Å². The average molecular weight is 560 g/mol. The number of carbonyl (C=O) groups excluding carboxylic acids is 2. The van der Waals surface area contributed by atoms with Crippen LogP contribution in [0.25, 0.3) is 0 Å². The molecule has 204 valence electrons. The van der Waals surface area contributed by atoms with Crippen LogP contribution >= 0.6 is 11.8 Å². The number of fused-ring (bicyclic) bond motifs is 1. The van der Waals surface area contributed by atoms with E-state index in [9.17, 15) is 18.0 Å². The van der Waals surface area contributed by atoms with Crippen LogP contribution in [-0.2, 0) is 32.3 Å². The Hall–Kier alpha value is -3.05. The van der Waals surface area contributed by atoms with Crippen LogP contribution in [0.1, 0.15) is 31.9 Å². The zero-order valence-electron chi connectivity index (χ0n) is 21.9. The second kappa shape index (κ2) is 11.4. The van der Waals surface area contributed by atoms with Crippen LogP contribution in [0.5, 0.6) is 5.75 Å². The number of hydrogen-bond donors (Lipinski definition) is 1. The smallest absolute Gasteiger partial charge is 0.408 e. The zero-order chi connectivity index (χ0) is 27.5. The summed E-state index contributed by atoms with van der Waals surface area (Å²) >= 11 is 1.31. The number of amides is 2. The van der Waals surface area contributed by atoms with Gasteiger partial charge in [0.05, 0.1) is 24.7 Å². The standard InChI is InChI=1S/C27H33N3O6S2/c1-27(2,3)36-26(32)28-21(14-18-8-6-5-7-9-18)24(31)29-25-30(15-19-10-12-20(35-4)13-11-19)22-16-38(33,34)17-23(22)37-25/h5-13,21-23H,14-17H2,1-4H3,(H,28,32). The second-order valence-corrected chi connectivity index (χ2v) is 13.8. The Morgan fingerprint density at radius 3 is 2.39 bits per heavy atom. The molecule has 1 N–H and O–H groups in total. The van der Waals surface area contributed by atoms with Gasteiger partial charge in [-0.2, -0.15) is 4.99 Å². The maximum atomic E-state index is 13.5. The SMILES string of the molecule is COc1ccc(CN2C(=NC(=O)C(Cc3ccccc3)NC(=O)OC(C)(C)C)SC3CS(=O)(=O)CC32)cc1. The highest BCUT2D eigenvalue weighted by Gasteiger charge is 2.49. The lowest BCUT2D eigenvalue weighted by atomic mass is 10.1. The van der Waals surface area contributed by atoms with Crippen molar-refractivity contribution in [1.82, 2.24) is 10.2 Å². The normalized spacial score (nSPS) is 22.1. The third-order valence-electron chi connectivity index (χ3n) is 6.16. The Bertz CT molecular complexity index is 1290. The Balaban J connectivity index is 1.60. The van der Waals surface area contributed by atoms with Gasteiger partial charge >= 0.3 is 6.09 Å². The fraction of sp³-hybridized carbons (Fsp3) is 0.444. The van der Waals surface area contributed by atoms with E-state index in [0.717, 1.165) is 11.1 Å². The molecule has 2 aromatic rings. The number of ether oxygens (including phenoxy) is 2. The van der Waals surface area contributed by atoms with Crippen molar-refractivity contribution in [3.05, 3.63) is 65.7 Å². The molecule has 2 aliphatic rings. The largest absolute Gasteiger partial charge is 0.497 e. The summed E-state index contributed by atoms with van der Waals surface area (Å²) in [5.41, 5.74) is 1.07. The van der Waals surface area contributed by atoms with Crippen molar-refractivity contribution in [3.8, 4) is 5.75 Å². The Labute approximate surface area is 227 Å². The first-order valence-electron chi connectivity index (χ1n) is 12.3. The summed E-state index contributed by atoms with van der Waals surface area (Å²) in [6.07, 6.45) is -0.468. The molecule has 38 heavy (non-hydrogen) atoms. The van der Waals surface area contributed by atoms with Gasteiger partial charge in [-0.1, -0.05) is 54.2 Å². The molecule has 0 bridgehead atoms. The number of aliphatic imine (C=N–C) groups is 1. The summed E-state index contributed by atoms with van der Waals surface area (Å²) in [6, 6.07) is 15.6. The van der Waals surface area contributed by atoms with Crippen molar-refractivity contribution in [2.75, 3.05) is 18.6 Å². The third-order valence-corrected chi connectivity index (χ3v) is 9.41. The van der Waals surface area contributed by atoms with Crippen molar-refractivity contribution in [3.63, 3.8) is 0 Å². The van der Waals surface area contributed by atoms with Crippen LogP contribution in [0, 0.1) is 0 Å². The number of alkyl carbamates (subject to hydrolysis) is 1. The minimum absolute atomic E-state index is 0.0115. The van der Waals surface area contributed by atoms with E-state index in [0.29, 0.717) is 17.5 Å². The zero-order valence-corrected chi connectivity index (χ0v) is 23.6. The third kappa shape index (κ3) is 7.28. The Morgan fingerprint density at radius 2 is 1.76 bits per heavy atom. The van der Waals surface area contributed by atoms with Gasteiger partial charge in [0.15, 0.2) is 15.0 Å². The summed E-state index contributed by atoms with van der Waals surface area (Å²) in [5.74, 6) is 0.243. The number of sulfone groups is 1. The van der Waals surface area contributed by atoms with E-state index in [2.05, 4.69) is 10.3 Å². The molecule has 9 nitrogen and oxygen atoms in total. The quantitative estimate of drug-likeness (QED) is 0.549. The highest BCUT2D eigenvalue weighted by Crippen LogP contribution is 2.39. The molecular weight excluding hydrogens is 526 g/mol. The van der Waals surface area contributed by atoms with Gasteiger partial charge in [-0.05, 0) is 44.0 Å². The summed E-state index contributed by atoms with van der Waals surface area (Å²) < 4.78 is 35.4. The molecule has 3 atom stereocenters. The average Bonchev–Trinajstić information content (AvgIpc) is 3.30. The van der Waals surface area contributed by atoms with Gasteiger partial charge in [0.2, 0.25) is 0 Å². The number of nitrogens with zero attached hydrogens (tertiary/aromatic N) is 2. The van der Waals surface area contributed by atoms with E-state index in [1.54, 1.807) is 27.9 Å². The molecule has 2 heterocycles. The monoisotopic (exact) mass is 559 g/mol. The number of carbonyl (C=O) groups is 2. The maximum absolute atomic E-state index is 13.5. The van der Waals surface area contributed by atoms with Gasteiger partial charge in [-0.3, -0.25) is 4.79 Å². The highest BCUT2D eigenvalue weighted by molar-refractivity contribution is 8.15. The van der Waals surface area contributed by atoms with Crippen LogP contribution in [0.4, 0.5) is 4.79 Å². The molecule has 3 unspecified atom stereocenters. The molecule has 2 aliphatic heterocycles. The number of benzene rings is 2. The fourth-order valence-electron chi connectivity index (χ4n) is 4.42. The molecule has 2 amide bonds.